The molecule has 3 aliphatic heterocycles. The van der Waals surface area contributed by atoms with Gasteiger partial charge in [-0.3, -0.25) is 14.4 Å². The lowest BCUT2D eigenvalue weighted by atomic mass is 9.66. The third kappa shape index (κ3) is 4.48. The van der Waals surface area contributed by atoms with E-state index < -0.39 is 28.7 Å². The first-order chi connectivity index (χ1) is 16.8. The molecule has 3 amide bonds. The molecule has 1 spiro atoms. The Morgan fingerprint density at radius 3 is 2.57 bits per heavy atom. The molecule has 192 valence electrons. The van der Waals surface area contributed by atoms with Crippen molar-refractivity contribution in [2.75, 3.05) is 18.5 Å². The van der Waals surface area contributed by atoms with Gasteiger partial charge in [0.1, 0.15) is 6.04 Å². The zero-order chi connectivity index (χ0) is 25.3. The topological polar surface area (TPSA) is 98.7 Å². The van der Waals surface area contributed by atoms with Gasteiger partial charge in [0.15, 0.2) is 0 Å². The zero-order valence-corrected chi connectivity index (χ0v) is 22.0. The number of thioether (sulfide) groups is 1. The number of aliphatic hydroxyl groups is 1. The van der Waals surface area contributed by atoms with E-state index in [0.717, 1.165) is 19.3 Å². The van der Waals surface area contributed by atoms with Gasteiger partial charge in [-0.1, -0.05) is 52.3 Å². The predicted molar refractivity (Wildman–Crippen MR) is 139 cm³/mol. The largest absolute Gasteiger partial charge is 0.394 e. The fourth-order valence-corrected chi connectivity index (χ4v) is 8.91. The summed E-state index contributed by atoms with van der Waals surface area (Å²) in [5.74, 6) is -1.18. The zero-order valence-electron chi connectivity index (χ0n) is 21.2. The second kappa shape index (κ2) is 10.5. The van der Waals surface area contributed by atoms with Gasteiger partial charge in [-0.2, -0.15) is 0 Å². The monoisotopic (exact) mass is 501 g/mol. The second-order valence-electron chi connectivity index (χ2n) is 10.8. The number of hydrogen-bond acceptors (Lipinski definition) is 5. The van der Waals surface area contributed by atoms with E-state index in [9.17, 15) is 19.5 Å². The Bertz CT molecular complexity index is 942. The summed E-state index contributed by atoms with van der Waals surface area (Å²) >= 11 is 1.67. The standard InChI is InChI=1S/C27H39N3O4S/c1-5-6-12-28-25(33)23-27-17(4)14-20(35-27)21(24(32)29-18-10-8-7-9-11-18)22(27)26(34)30(23)19(15-31)13-16(2)3/h7-11,16-17,19-23,31H,5-6,12-15H2,1-4H3,(H,28,33)(H,29,32)/t17?,19-,20-,21+,22+,23?,27?/m1/s1. The van der Waals surface area contributed by atoms with Crippen LogP contribution in [0.1, 0.15) is 53.4 Å². The fourth-order valence-electron chi connectivity index (χ4n) is 6.50. The Balaban J connectivity index is 1.71. The Hall–Kier alpha value is -2.06. The molecule has 1 aromatic rings. The third-order valence-corrected chi connectivity index (χ3v) is 10.0. The van der Waals surface area contributed by atoms with Crippen molar-refractivity contribution in [3.63, 3.8) is 0 Å². The van der Waals surface area contributed by atoms with Gasteiger partial charge in [-0.15, -0.1) is 11.8 Å². The Morgan fingerprint density at radius 2 is 1.94 bits per heavy atom. The summed E-state index contributed by atoms with van der Waals surface area (Å²) in [4.78, 5) is 43.1. The number of para-hydroxylation sites is 1. The van der Waals surface area contributed by atoms with E-state index in [4.69, 9.17) is 0 Å². The molecular weight excluding hydrogens is 462 g/mol. The average molecular weight is 502 g/mol. The second-order valence-corrected chi connectivity index (χ2v) is 12.3. The molecule has 7 nitrogen and oxygen atoms in total. The minimum atomic E-state index is -0.688. The van der Waals surface area contributed by atoms with Crippen LogP contribution in [-0.2, 0) is 14.4 Å². The maximum Gasteiger partial charge on any atom is 0.244 e. The molecule has 7 atom stereocenters. The Kier molecular flexibility index (Phi) is 7.81. The van der Waals surface area contributed by atoms with Crippen LogP contribution in [0.25, 0.3) is 0 Å². The Morgan fingerprint density at radius 1 is 1.23 bits per heavy atom. The minimum Gasteiger partial charge on any atom is -0.394 e. The van der Waals surface area contributed by atoms with Gasteiger partial charge in [-0.25, -0.2) is 0 Å². The van der Waals surface area contributed by atoms with Crippen molar-refractivity contribution < 1.29 is 19.5 Å². The maximum absolute atomic E-state index is 14.2. The van der Waals surface area contributed by atoms with Crippen molar-refractivity contribution in [2.45, 2.75) is 75.5 Å². The quantitative estimate of drug-likeness (QED) is 0.428. The third-order valence-electron chi connectivity index (χ3n) is 7.95. The molecule has 0 aliphatic carbocycles. The smallest absolute Gasteiger partial charge is 0.244 e. The molecule has 0 aromatic heterocycles. The molecule has 3 unspecified atom stereocenters. The number of anilines is 1. The highest BCUT2D eigenvalue weighted by atomic mass is 32.2. The highest BCUT2D eigenvalue weighted by molar-refractivity contribution is 8.02. The number of fused-ring (bicyclic) bond motifs is 1. The van der Waals surface area contributed by atoms with E-state index in [0.29, 0.717) is 18.7 Å². The summed E-state index contributed by atoms with van der Waals surface area (Å²) < 4.78 is -0.666. The number of aliphatic hydroxyl groups excluding tert-OH is 1. The molecule has 3 N–H and O–H groups in total. The van der Waals surface area contributed by atoms with Crippen LogP contribution in [0.4, 0.5) is 5.69 Å². The molecule has 8 heteroatoms. The lowest BCUT2D eigenvalue weighted by molar-refractivity contribution is -0.142. The number of unbranched alkanes of at least 4 members (excludes halogenated alkanes) is 1. The van der Waals surface area contributed by atoms with Crippen LogP contribution in [0.5, 0.6) is 0 Å². The lowest BCUT2D eigenvalue weighted by Gasteiger charge is -2.40. The molecule has 3 aliphatic rings. The van der Waals surface area contributed by atoms with Gasteiger partial charge in [0.25, 0.3) is 0 Å². The van der Waals surface area contributed by atoms with Crippen molar-refractivity contribution in [3.05, 3.63) is 30.3 Å². The number of nitrogens with one attached hydrogen (secondary N) is 2. The number of benzene rings is 1. The SMILES string of the molecule is CCCCNC(=O)C1N([C@@H](CO)CC(C)C)C(=O)[C@@H]2[C@@H](C(=O)Nc3ccccc3)[C@H]3CC(C)C12S3. The number of likely N-dealkylation sites (tertiary alicyclic amines) is 1. The number of carbonyl (C=O) groups is 3. The van der Waals surface area contributed by atoms with Crippen LogP contribution in [0, 0.1) is 23.7 Å². The number of nitrogens with zero attached hydrogens (tertiary/aromatic N) is 1. The van der Waals surface area contributed by atoms with Crippen LogP contribution >= 0.6 is 11.8 Å². The highest BCUT2D eigenvalue weighted by Gasteiger charge is 2.76. The molecule has 3 fully saturated rings. The normalized spacial score (nSPS) is 32.1. The van der Waals surface area contributed by atoms with Crippen molar-refractivity contribution in [1.82, 2.24) is 10.2 Å². The van der Waals surface area contributed by atoms with Crippen LogP contribution in [-0.4, -0.2) is 63.0 Å². The number of rotatable bonds is 10. The minimum absolute atomic E-state index is 0.00608. The molecule has 0 saturated carbocycles. The summed E-state index contributed by atoms with van der Waals surface area (Å²) in [5, 5.41) is 16.4. The summed E-state index contributed by atoms with van der Waals surface area (Å²) in [6.07, 6.45) is 3.23. The number of carbonyl (C=O) groups excluding carboxylic acids is 3. The van der Waals surface area contributed by atoms with Crippen LogP contribution in [0.3, 0.4) is 0 Å². The molecule has 1 aromatic carbocycles. The summed E-state index contributed by atoms with van der Waals surface area (Å²) in [7, 11) is 0. The first-order valence-electron chi connectivity index (χ1n) is 13.0. The van der Waals surface area contributed by atoms with E-state index in [-0.39, 0.29) is 41.4 Å². The van der Waals surface area contributed by atoms with Crippen LogP contribution in [0.15, 0.2) is 30.3 Å². The molecule has 2 bridgehead atoms. The maximum atomic E-state index is 14.2. The summed E-state index contributed by atoms with van der Waals surface area (Å²) in [6.45, 7) is 8.65. The summed E-state index contributed by atoms with van der Waals surface area (Å²) in [5.41, 5.74) is 0.705. The molecule has 3 heterocycles. The van der Waals surface area contributed by atoms with E-state index >= 15 is 0 Å². The van der Waals surface area contributed by atoms with Gasteiger partial charge in [-0.05, 0) is 43.2 Å². The molecular formula is C27H39N3O4S. The van der Waals surface area contributed by atoms with Gasteiger partial charge in [0, 0.05) is 17.5 Å². The first-order valence-corrected chi connectivity index (χ1v) is 13.9. The van der Waals surface area contributed by atoms with Crippen LogP contribution in [0.2, 0.25) is 0 Å². The van der Waals surface area contributed by atoms with Gasteiger partial charge >= 0.3 is 0 Å². The first kappa shape index (κ1) is 26.0. The van der Waals surface area contributed by atoms with Crippen molar-refractivity contribution in [2.24, 2.45) is 23.7 Å². The molecule has 3 saturated heterocycles. The van der Waals surface area contributed by atoms with E-state index in [2.05, 4.69) is 38.3 Å². The molecule has 4 rings (SSSR count). The predicted octanol–water partition coefficient (Wildman–Crippen LogP) is 3.29. The highest BCUT2D eigenvalue weighted by Crippen LogP contribution is 2.68. The van der Waals surface area contributed by atoms with Gasteiger partial charge < -0.3 is 20.6 Å². The van der Waals surface area contributed by atoms with Gasteiger partial charge in [0.05, 0.1) is 29.2 Å². The van der Waals surface area contributed by atoms with E-state index in [1.165, 1.54) is 0 Å². The van der Waals surface area contributed by atoms with Crippen molar-refractivity contribution in [1.29, 1.82) is 0 Å². The van der Waals surface area contributed by atoms with E-state index in [1.807, 2.05) is 30.3 Å². The van der Waals surface area contributed by atoms with Crippen molar-refractivity contribution >= 4 is 35.2 Å². The average Bonchev–Trinajstić information content (AvgIpc) is 3.42. The number of hydrogen-bond donors (Lipinski definition) is 3. The number of amides is 3. The van der Waals surface area contributed by atoms with Crippen molar-refractivity contribution in [3.8, 4) is 0 Å². The van der Waals surface area contributed by atoms with E-state index in [1.54, 1.807) is 16.7 Å². The molecule has 35 heavy (non-hydrogen) atoms. The van der Waals surface area contributed by atoms with Crippen LogP contribution < -0.4 is 10.6 Å². The molecule has 0 radical (unpaired) electrons. The fraction of sp³-hybridized carbons (Fsp3) is 0.667. The Labute approximate surface area is 212 Å². The summed E-state index contributed by atoms with van der Waals surface area (Å²) in [6, 6.07) is 8.17. The van der Waals surface area contributed by atoms with Gasteiger partial charge in [0.2, 0.25) is 17.7 Å². The lowest BCUT2D eigenvalue weighted by Crippen LogP contribution is -2.58.